The molecule has 0 radical (unpaired) electrons. The molecule has 0 nitrogen and oxygen atoms in total. The van der Waals surface area contributed by atoms with Crippen molar-refractivity contribution < 1.29 is 0 Å². The van der Waals surface area contributed by atoms with Crippen molar-refractivity contribution in [3.05, 3.63) is 65.7 Å². The van der Waals surface area contributed by atoms with E-state index in [1.165, 1.54) is 16.0 Å². The highest BCUT2D eigenvalue weighted by Crippen LogP contribution is 2.22. The zero-order valence-corrected chi connectivity index (χ0v) is 10.3. The molecule has 0 heterocycles. The molecule has 1 heteroatoms. The first-order chi connectivity index (χ1) is 7.86. The largest absolute Gasteiger partial charge is 0.126 e. The van der Waals surface area contributed by atoms with Crippen molar-refractivity contribution in [1.29, 1.82) is 0 Å². The fraction of sp³-hybridized carbons (Fsp3) is 0.200. The molecule has 0 atom stereocenters. The summed E-state index contributed by atoms with van der Waals surface area (Å²) in [5.41, 5.74) is 2.80. The van der Waals surface area contributed by atoms with E-state index >= 15 is 0 Å². The number of benzene rings is 2. The molecule has 0 spiro atoms. The van der Waals surface area contributed by atoms with Crippen molar-refractivity contribution in [1.82, 2.24) is 0 Å². The zero-order valence-electron chi connectivity index (χ0n) is 9.52. The summed E-state index contributed by atoms with van der Waals surface area (Å²) in [6.07, 6.45) is 1.14. The summed E-state index contributed by atoms with van der Waals surface area (Å²) in [6.45, 7) is 2.17. The van der Waals surface area contributed by atoms with Gasteiger partial charge in [-0.1, -0.05) is 48.5 Å². The van der Waals surface area contributed by atoms with E-state index in [9.17, 15) is 0 Å². The van der Waals surface area contributed by atoms with Crippen LogP contribution >= 0.6 is 11.8 Å². The van der Waals surface area contributed by atoms with Gasteiger partial charge in [0.25, 0.3) is 0 Å². The van der Waals surface area contributed by atoms with Gasteiger partial charge in [0.05, 0.1) is 0 Å². The van der Waals surface area contributed by atoms with Gasteiger partial charge in [-0.05, 0) is 30.5 Å². The number of thioether (sulfide) groups is 1. The highest BCUT2D eigenvalue weighted by molar-refractivity contribution is 7.99. The molecule has 0 unspecified atom stereocenters. The molecule has 2 aromatic carbocycles. The van der Waals surface area contributed by atoms with Gasteiger partial charge in [0.15, 0.2) is 0 Å². The van der Waals surface area contributed by atoms with E-state index in [1.807, 2.05) is 11.8 Å². The van der Waals surface area contributed by atoms with Gasteiger partial charge in [-0.3, -0.25) is 0 Å². The first kappa shape index (κ1) is 11.3. The molecular formula is C15H16S. The van der Waals surface area contributed by atoms with Crippen molar-refractivity contribution in [3.8, 4) is 0 Å². The smallest absolute Gasteiger partial charge is 0.0101 e. The van der Waals surface area contributed by atoms with Gasteiger partial charge < -0.3 is 0 Å². The van der Waals surface area contributed by atoms with Gasteiger partial charge in [-0.15, -0.1) is 11.8 Å². The number of aryl methyl sites for hydroxylation is 2. The molecule has 16 heavy (non-hydrogen) atoms. The van der Waals surface area contributed by atoms with Crippen LogP contribution in [0.3, 0.4) is 0 Å². The first-order valence-electron chi connectivity index (χ1n) is 5.58. The van der Waals surface area contributed by atoms with Gasteiger partial charge in [0.1, 0.15) is 0 Å². The highest BCUT2D eigenvalue weighted by atomic mass is 32.2. The summed E-state index contributed by atoms with van der Waals surface area (Å²) in [5.74, 6) is 1.15. The minimum Gasteiger partial charge on any atom is -0.126 e. The topological polar surface area (TPSA) is 0 Å². The zero-order chi connectivity index (χ0) is 11.2. The Hall–Kier alpha value is -1.21. The van der Waals surface area contributed by atoms with E-state index in [0.29, 0.717) is 0 Å². The van der Waals surface area contributed by atoms with E-state index in [4.69, 9.17) is 0 Å². The van der Waals surface area contributed by atoms with Crippen LogP contribution in [-0.2, 0) is 6.42 Å². The Bertz CT molecular complexity index is 434. The van der Waals surface area contributed by atoms with Crippen LogP contribution in [0, 0.1) is 6.92 Å². The van der Waals surface area contributed by atoms with Crippen molar-refractivity contribution >= 4 is 11.8 Å². The molecule has 0 saturated heterocycles. The Balaban J connectivity index is 1.87. The highest BCUT2D eigenvalue weighted by Gasteiger charge is 1.98. The van der Waals surface area contributed by atoms with E-state index in [-0.39, 0.29) is 0 Å². The monoisotopic (exact) mass is 228 g/mol. The van der Waals surface area contributed by atoms with Gasteiger partial charge >= 0.3 is 0 Å². The van der Waals surface area contributed by atoms with Crippen LogP contribution < -0.4 is 0 Å². The van der Waals surface area contributed by atoms with E-state index in [2.05, 4.69) is 61.5 Å². The fourth-order valence-corrected chi connectivity index (χ4v) is 2.67. The summed E-state index contributed by atoms with van der Waals surface area (Å²) in [6, 6.07) is 19.2. The second-order valence-electron chi connectivity index (χ2n) is 3.85. The van der Waals surface area contributed by atoms with Crippen LogP contribution in [0.1, 0.15) is 11.1 Å². The second kappa shape index (κ2) is 5.76. The maximum Gasteiger partial charge on any atom is 0.0101 e. The molecular weight excluding hydrogens is 212 g/mol. The molecule has 0 fully saturated rings. The minimum atomic E-state index is 1.14. The third-order valence-corrected chi connectivity index (χ3v) is 3.76. The lowest BCUT2D eigenvalue weighted by Gasteiger charge is -2.04. The van der Waals surface area contributed by atoms with Crippen LogP contribution in [0.2, 0.25) is 0 Å². The molecule has 0 aliphatic rings. The average Bonchev–Trinajstić information content (AvgIpc) is 2.33. The summed E-state index contributed by atoms with van der Waals surface area (Å²) in [7, 11) is 0. The Morgan fingerprint density at radius 3 is 2.31 bits per heavy atom. The maximum absolute atomic E-state index is 2.20. The first-order valence-corrected chi connectivity index (χ1v) is 6.57. The fourth-order valence-electron chi connectivity index (χ4n) is 1.64. The number of hydrogen-bond acceptors (Lipinski definition) is 1. The summed E-state index contributed by atoms with van der Waals surface area (Å²) in [4.78, 5) is 1.40. The molecule has 0 aliphatic heterocycles. The predicted octanol–water partition coefficient (Wildman–Crippen LogP) is 4.33. The maximum atomic E-state index is 2.20. The van der Waals surface area contributed by atoms with Crippen LogP contribution in [0.4, 0.5) is 0 Å². The molecule has 0 saturated carbocycles. The molecule has 0 bridgehead atoms. The Morgan fingerprint density at radius 1 is 0.875 bits per heavy atom. The molecule has 0 aliphatic carbocycles. The summed E-state index contributed by atoms with van der Waals surface area (Å²) >= 11 is 1.94. The van der Waals surface area contributed by atoms with Crippen molar-refractivity contribution in [3.63, 3.8) is 0 Å². The lowest BCUT2D eigenvalue weighted by atomic mass is 10.2. The summed E-state index contributed by atoms with van der Waals surface area (Å²) in [5, 5.41) is 0. The van der Waals surface area contributed by atoms with Crippen molar-refractivity contribution in [2.75, 3.05) is 5.75 Å². The van der Waals surface area contributed by atoms with Crippen molar-refractivity contribution in [2.45, 2.75) is 18.2 Å². The van der Waals surface area contributed by atoms with Crippen LogP contribution in [0.5, 0.6) is 0 Å². The van der Waals surface area contributed by atoms with Crippen LogP contribution in [0.25, 0.3) is 0 Å². The van der Waals surface area contributed by atoms with Gasteiger partial charge in [-0.2, -0.15) is 0 Å². The second-order valence-corrected chi connectivity index (χ2v) is 4.99. The lowest BCUT2D eigenvalue weighted by Crippen LogP contribution is -1.88. The predicted molar refractivity (Wildman–Crippen MR) is 72.0 cm³/mol. The Kier molecular flexibility index (Phi) is 4.06. The quantitative estimate of drug-likeness (QED) is 0.702. The lowest BCUT2D eigenvalue weighted by molar-refractivity contribution is 1.15. The molecule has 2 rings (SSSR count). The van der Waals surface area contributed by atoms with Gasteiger partial charge in [0, 0.05) is 10.6 Å². The number of rotatable bonds is 4. The molecule has 82 valence electrons. The third kappa shape index (κ3) is 3.14. The van der Waals surface area contributed by atoms with Gasteiger partial charge in [0.2, 0.25) is 0 Å². The van der Waals surface area contributed by atoms with Crippen molar-refractivity contribution in [2.24, 2.45) is 0 Å². The normalized spacial score (nSPS) is 10.3. The minimum absolute atomic E-state index is 1.14. The summed E-state index contributed by atoms with van der Waals surface area (Å²) < 4.78 is 0. The van der Waals surface area contributed by atoms with E-state index < -0.39 is 0 Å². The standard InChI is InChI=1S/C15H16S/c1-13-7-5-6-10-15(13)16-12-11-14-8-3-2-4-9-14/h2-10H,11-12H2,1H3. The molecule has 0 amide bonds. The van der Waals surface area contributed by atoms with E-state index in [1.54, 1.807) is 0 Å². The van der Waals surface area contributed by atoms with Crippen LogP contribution in [0.15, 0.2) is 59.5 Å². The van der Waals surface area contributed by atoms with Gasteiger partial charge in [-0.25, -0.2) is 0 Å². The SMILES string of the molecule is Cc1ccccc1SCCc1ccccc1. The molecule has 2 aromatic rings. The van der Waals surface area contributed by atoms with E-state index in [0.717, 1.165) is 12.2 Å². The van der Waals surface area contributed by atoms with Crippen LogP contribution in [-0.4, -0.2) is 5.75 Å². The Morgan fingerprint density at radius 2 is 1.56 bits per heavy atom. The molecule has 0 aromatic heterocycles. The average molecular weight is 228 g/mol. The third-order valence-electron chi connectivity index (χ3n) is 2.58. The molecule has 0 N–H and O–H groups in total. The Labute approximate surface area is 102 Å². The number of hydrogen-bond donors (Lipinski definition) is 0.